The number of benzene rings is 1. The zero-order chi connectivity index (χ0) is 12.5. The monoisotopic (exact) mass is 238 g/mol. The molecule has 0 heterocycles. The van der Waals surface area contributed by atoms with Gasteiger partial charge < -0.3 is 20.9 Å². The largest absolute Gasteiger partial charge is 0.394 e. The molecule has 0 aliphatic rings. The van der Waals surface area contributed by atoms with E-state index < -0.39 is 6.04 Å². The van der Waals surface area contributed by atoms with Gasteiger partial charge in [-0.25, -0.2) is 0 Å². The molecular weight excluding hydrogens is 220 g/mol. The first-order chi connectivity index (χ1) is 8.27. The van der Waals surface area contributed by atoms with Gasteiger partial charge in [-0.2, -0.15) is 0 Å². The van der Waals surface area contributed by atoms with Gasteiger partial charge in [-0.05, 0) is 5.56 Å². The van der Waals surface area contributed by atoms with Crippen molar-refractivity contribution in [3.63, 3.8) is 0 Å². The molecule has 1 aromatic rings. The molecule has 0 bridgehead atoms. The maximum absolute atomic E-state index is 11.5. The molecule has 0 fully saturated rings. The lowest BCUT2D eigenvalue weighted by Gasteiger charge is -2.16. The van der Waals surface area contributed by atoms with E-state index in [0.29, 0.717) is 13.2 Å². The summed E-state index contributed by atoms with van der Waals surface area (Å²) in [5.41, 5.74) is 6.10. The van der Waals surface area contributed by atoms with E-state index in [-0.39, 0.29) is 19.1 Å². The lowest BCUT2D eigenvalue weighted by molar-refractivity contribution is -0.126. The topological polar surface area (TPSA) is 84.6 Å². The first kappa shape index (κ1) is 13.6. The van der Waals surface area contributed by atoms with E-state index in [1.807, 2.05) is 30.3 Å². The number of ether oxygens (including phenoxy) is 1. The summed E-state index contributed by atoms with van der Waals surface area (Å²) in [6, 6.07) is 8.89. The van der Waals surface area contributed by atoms with Gasteiger partial charge in [-0.3, -0.25) is 4.79 Å². The summed E-state index contributed by atoms with van der Waals surface area (Å²) in [5.74, 6) is -0.263. The summed E-state index contributed by atoms with van der Waals surface area (Å²) in [7, 11) is 0. The molecule has 0 aromatic heterocycles. The molecule has 0 spiro atoms. The number of aliphatic hydroxyl groups is 1. The predicted molar refractivity (Wildman–Crippen MR) is 64.3 cm³/mol. The van der Waals surface area contributed by atoms with Crippen LogP contribution in [0.5, 0.6) is 0 Å². The Balaban J connectivity index is 2.44. The van der Waals surface area contributed by atoms with Crippen LogP contribution in [-0.2, 0) is 9.53 Å². The molecule has 0 aliphatic carbocycles. The molecule has 1 amide bonds. The minimum atomic E-state index is -0.398. The Hall–Kier alpha value is -1.43. The van der Waals surface area contributed by atoms with E-state index in [4.69, 9.17) is 10.5 Å². The van der Waals surface area contributed by atoms with Crippen LogP contribution in [0.3, 0.4) is 0 Å². The van der Waals surface area contributed by atoms with Crippen molar-refractivity contribution in [1.29, 1.82) is 0 Å². The molecule has 94 valence electrons. The fourth-order valence-corrected chi connectivity index (χ4v) is 1.40. The van der Waals surface area contributed by atoms with Crippen molar-refractivity contribution in [2.75, 3.05) is 26.4 Å². The molecule has 4 N–H and O–H groups in total. The van der Waals surface area contributed by atoms with Gasteiger partial charge >= 0.3 is 0 Å². The summed E-state index contributed by atoms with van der Waals surface area (Å²) in [6.07, 6.45) is 0. The van der Waals surface area contributed by atoms with Crippen molar-refractivity contribution in [3.05, 3.63) is 35.9 Å². The van der Waals surface area contributed by atoms with E-state index in [0.717, 1.165) is 5.56 Å². The summed E-state index contributed by atoms with van der Waals surface area (Å²) >= 11 is 0. The minimum Gasteiger partial charge on any atom is -0.394 e. The van der Waals surface area contributed by atoms with Gasteiger partial charge in [0.1, 0.15) is 6.61 Å². The Bertz CT molecular complexity index is 330. The molecule has 0 saturated heterocycles. The molecule has 1 unspecified atom stereocenters. The van der Waals surface area contributed by atoms with Crippen molar-refractivity contribution < 1.29 is 14.6 Å². The fourth-order valence-electron chi connectivity index (χ4n) is 1.40. The highest BCUT2D eigenvalue weighted by atomic mass is 16.5. The van der Waals surface area contributed by atoms with E-state index >= 15 is 0 Å². The third-order valence-corrected chi connectivity index (χ3v) is 2.22. The van der Waals surface area contributed by atoms with Gasteiger partial charge in [0.15, 0.2) is 0 Å². The lowest BCUT2D eigenvalue weighted by atomic mass is 10.1. The molecule has 0 saturated carbocycles. The highest BCUT2D eigenvalue weighted by molar-refractivity contribution is 5.77. The first-order valence-corrected chi connectivity index (χ1v) is 5.51. The Morgan fingerprint density at radius 2 is 2.12 bits per heavy atom. The van der Waals surface area contributed by atoms with Crippen molar-refractivity contribution in [2.24, 2.45) is 5.73 Å². The number of carbonyl (C=O) groups is 1. The zero-order valence-electron chi connectivity index (χ0n) is 9.63. The average Bonchev–Trinajstić information content (AvgIpc) is 2.37. The molecule has 5 heteroatoms. The lowest BCUT2D eigenvalue weighted by Crippen LogP contribution is -2.34. The normalized spacial score (nSPS) is 12.1. The van der Waals surface area contributed by atoms with Crippen LogP contribution in [0, 0.1) is 0 Å². The van der Waals surface area contributed by atoms with Crippen LogP contribution < -0.4 is 11.1 Å². The number of aliphatic hydroxyl groups excluding tert-OH is 1. The van der Waals surface area contributed by atoms with Gasteiger partial charge in [0.25, 0.3) is 0 Å². The van der Waals surface area contributed by atoms with E-state index in [9.17, 15) is 9.90 Å². The molecule has 0 radical (unpaired) electrons. The van der Waals surface area contributed by atoms with Gasteiger partial charge in [-0.15, -0.1) is 0 Å². The van der Waals surface area contributed by atoms with Gasteiger partial charge in [0, 0.05) is 6.54 Å². The standard InChI is InChI=1S/C12H18N2O3/c13-6-7-17-9-12(16)14-11(8-15)10-4-2-1-3-5-10/h1-5,11,15H,6-9,13H2,(H,14,16). The van der Waals surface area contributed by atoms with Crippen LogP contribution in [0.4, 0.5) is 0 Å². The number of amides is 1. The highest BCUT2D eigenvalue weighted by Gasteiger charge is 2.12. The molecule has 17 heavy (non-hydrogen) atoms. The van der Waals surface area contributed by atoms with Gasteiger partial charge in [-0.1, -0.05) is 30.3 Å². The van der Waals surface area contributed by atoms with Crippen LogP contribution >= 0.6 is 0 Å². The van der Waals surface area contributed by atoms with Crippen LogP contribution in [0.25, 0.3) is 0 Å². The second-order valence-electron chi connectivity index (χ2n) is 3.55. The fraction of sp³-hybridized carbons (Fsp3) is 0.417. The number of carbonyl (C=O) groups excluding carboxylic acids is 1. The number of hydrogen-bond acceptors (Lipinski definition) is 4. The third kappa shape index (κ3) is 4.95. The number of rotatable bonds is 7. The van der Waals surface area contributed by atoms with E-state index in [2.05, 4.69) is 5.32 Å². The van der Waals surface area contributed by atoms with Crippen molar-refractivity contribution in [1.82, 2.24) is 5.32 Å². The van der Waals surface area contributed by atoms with Crippen LogP contribution in [0.2, 0.25) is 0 Å². The minimum absolute atomic E-state index is 0.0411. The summed E-state index contributed by atoms with van der Waals surface area (Å²) in [6.45, 7) is 0.547. The van der Waals surface area contributed by atoms with Crippen molar-refractivity contribution in [3.8, 4) is 0 Å². The summed E-state index contributed by atoms with van der Waals surface area (Å²) < 4.78 is 5.01. The molecule has 1 atom stereocenters. The molecule has 1 rings (SSSR count). The maximum Gasteiger partial charge on any atom is 0.246 e. The second kappa shape index (κ2) is 7.78. The predicted octanol–water partition coefficient (Wildman–Crippen LogP) is -0.188. The van der Waals surface area contributed by atoms with Crippen LogP contribution in [0.1, 0.15) is 11.6 Å². The van der Waals surface area contributed by atoms with Gasteiger partial charge in [0.2, 0.25) is 5.91 Å². The van der Waals surface area contributed by atoms with Crippen LogP contribution in [0.15, 0.2) is 30.3 Å². The van der Waals surface area contributed by atoms with Crippen molar-refractivity contribution >= 4 is 5.91 Å². The molecule has 5 nitrogen and oxygen atoms in total. The Labute approximate surface area is 101 Å². The first-order valence-electron chi connectivity index (χ1n) is 5.51. The quantitative estimate of drug-likeness (QED) is 0.575. The third-order valence-electron chi connectivity index (χ3n) is 2.22. The second-order valence-corrected chi connectivity index (χ2v) is 3.55. The maximum atomic E-state index is 11.5. The molecule has 0 aliphatic heterocycles. The van der Waals surface area contributed by atoms with Crippen molar-refractivity contribution in [2.45, 2.75) is 6.04 Å². The van der Waals surface area contributed by atoms with Gasteiger partial charge in [0.05, 0.1) is 19.3 Å². The highest BCUT2D eigenvalue weighted by Crippen LogP contribution is 2.11. The number of hydrogen-bond donors (Lipinski definition) is 3. The summed E-state index contributed by atoms with van der Waals surface area (Å²) in [5, 5.41) is 11.9. The Morgan fingerprint density at radius 1 is 1.41 bits per heavy atom. The number of nitrogens with one attached hydrogen (secondary N) is 1. The summed E-state index contributed by atoms with van der Waals surface area (Å²) in [4.78, 5) is 11.5. The van der Waals surface area contributed by atoms with E-state index in [1.54, 1.807) is 0 Å². The SMILES string of the molecule is NCCOCC(=O)NC(CO)c1ccccc1. The Morgan fingerprint density at radius 3 is 2.71 bits per heavy atom. The smallest absolute Gasteiger partial charge is 0.246 e. The molecular formula is C12H18N2O3. The molecule has 1 aromatic carbocycles. The zero-order valence-corrected chi connectivity index (χ0v) is 9.63. The Kier molecular flexibility index (Phi) is 6.24. The van der Waals surface area contributed by atoms with Crippen LogP contribution in [-0.4, -0.2) is 37.4 Å². The average molecular weight is 238 g/mol. The number of nitrogens with two attached hydrogens (primary N) is 1. The van der Waals surface area contributed by atoms with E-state index in [1.165, 1.54) is 0 Å².